The Morgan fingerprint density at radius 1 is 1.50 bits per heavy atom. The van der Waals surface area contributed by atoms with Gasteiger partial charge in [-0.3, -0.25) is 0 Å². The Hall–Kier alpha value is -1.55. The normalized spacial score (nSPS) is 11.2. The first-order valence-corrected chi connectivity index (χ1v) is 6.80. The summed E-state index contributed by atoms with van der Waals surface area (Å²) in [5, 5.41) is 1.84. The standard InChI is InChI=1S/C14H14BrNO2/c1-18-14(17)12-9-16-13-6-5-10(8-11(12)13)4-2-3-7-15/h2,4-6,8-9,16H,3,7H2,1H3. The molecule has 0 bridgehead atoms. The van der Waals surface area contributed by atoms with Gasteiger partial charge in [0.05, 0.1) is 12.7 Å². The van der Waals surface area contributed by atoms with Crippen LogP contribution in [0.5, 0.6) is 0 Å². The second-order valence-corrected chi connectivity index (χ2v) is 4.67. The number of ether oxygens (including phenoxy) is 1. The molecule has 0 unspecified atom stereocenters. The van der Waals surface area contributed by atoms with Gasteiger partial charge in [-0.25, -0.2) is 4.79 Å². The summed E-state index contributed by atoms with van der Waals surface area (Å²) in [4.78, 5) is 14.7. The highest BCUT2D eigenvalue weighted by Crippen LogP contribution is 2.21. The maximum absolute atomic E-state index is 11.6. The van der Waals surface area contributed by atoms with Crippen LogP contribution in [0.15, 0.2) is 30.5 Å². The number of H-pyrrole nitrogens is 1. The van der Waals surface area contributed by atoms with Crippen molar-refractivity contribution in [1.82, 2.24) is 4.98 Å². The molecule has 4 heteroatoms. The number of aromatic nitrogens is 1. The van der Waals surface area contributed by atoms with E-state index in [1.807, 2.05) is 18.2 Å². The predicted molar refractivity (Wildman–Crippen MR) is 77.1 cm³/mol. The number of halogens is 1. The van der Waals surface area contributed by atoms with E-state index in [-0.39, 0.29) is 5.97 Å². The number of fused-ring (bicyclic) bond motifs is 1. The molecule has 1 aromatic heterocycles. The number of hydrogen-bond acceptors (Lipinski definition) is 2. The smallest absolute Gasteiger partial charge is 0.340 e. The first-order valence-electron chi connectivity index (χ1n) is 5.68. The summed E-state index contributed by atoms with van der Waals surface area (Å²) < 4.78 is 4.76. The van der Waals surface area contributed by atoms with Gasteiger partial charge in [0.25, 0.3) is 0 Å². The molecular formula is C14H14BrNO2. The highest BCUT2D eigenvalue weighted by atomic mass is 79.9. The van der Waals surface area contributed by atoms with E-state index in [0.29, 0.717) is 5.56 Å². The van der Waals surface area contributed by atoms with Gasteiger partial charge in [0, 0.05) is 22.4 Å². The zero-order valence-corrected chi connectivity index (χ0v) is 11.7. The lowest BCUT2D eigenvalue weighted by atomic mass is 10.1. The third-order valence-corrected chi connectivity index (χ3v) is 3.16. The molecule has 94 valence electrons. The zero-order valence-electron chi connectivity index (χ0n) is 10.1. The van der Waals surface area contributed by atoms with Gasteiger partial charge in [-0.1, -0.05) is 34.1 Å². The molecule has 0 aliphatic rings. The highest BCUT2D eigenvalue weighted by molar-refractivity contribution is 9.09. The topological polar surface area (TPSA) is 42.1 Å². The third-order valence-electron chi connectivity index (χ3n) is 2.70. The molecule has 0 aliphatic heterocycles. The summed E-state index contributed by atoms with van der Waals surface area (Å²) in [6, 6.07) is 5.98. The minimum Gasteiger partial charge on any atom is -0.465 e. The molecule has 0 spiro atoms. The summed E-state index contributed by atoms with van der Waals surface area (Å²) in [6.07, 6.45) is 6.81. The second-order valence-electron chi connectivity index (χ2n) is 3.88. The van der Waals surface area contributed by atoms with Crippen molar-refractivity contribution in [2.75, 3.05) is 12.4 Å². The van der Waals surface area contributed by atoms with Crippen LogP contribution >= 0.6 is 15.9 Å². The fourth-order valence-electron chi connectivity index (χ4n) is 1.80. The van der Waals surface area contributed by atoms with Crippen LogP contribution in [0.3, 0.4) is 0 Å². The van der Waals surface area contributed by atoms with Crippen LogP contribution in [0.25, 0.3) is 17.0 Å². The number of hydrogen-bond donors (Lipinski definition) is 1. The van der Waals surface area contributed by atoms with E-state index in [1.54, 1.807) is 6.20 Å². The molecule has 0 amide bonds. The molecule has 0 aliphatic carbocycles. The Balaban J connectivity index is 2.39. The lowest BCUT2D eigenvalue weighted by molar-refractivity contribution is 0.0603. The number of methoxy groups -OCH3 is 1. The van der Waals surface area contributed by atoms with Crippen molar-refractivity contribution in [3.05, 3.63) is 41.6 Å². The van der Waals surface area contributed by atoms with Gasteiger partial charge in [-0.15, -0.1) is 0 Å². The van der Waals surface area contributed by atoms with Crippen LogP contribution in [0.4, 0.5) is 0 Å². The maximum Gasteiger partial charge on any atom is 0.340 e. The minimum absolute atomic E-state index is 0.317. The van der Waals surface area contributed by atoms with Gasteiger partial charge in [0.1, 0.15) is 0 Å². The monoisotopic (exact) mass is 307 g/mol. The molecule has 1 aromatic carbocycles. The number of carbonyl (C=O) groups is 1. The van der Waals surface area contributed by atoms with E-state index >= 15 is 0 Å². The van der Waals surface area contributed by atoms with Crippen molar-refractivity contribution >= 4 is 38.9 Å². The van der Waals surface area contributed by atoms with E-state index in [1.165, 1.54) is 7.11 Å². The molecule has 1 heterocycles. The summed E-state index contributed by atoms with van der Waals surface area (Å²) in [5.74, 6) is -0.317. The van der Waals surface area contributed by atoms with Gasteiger partial charge in [-0.2, -0.15) is 0 Å². The first-order chi connectivity index (χ1) is 8.76. The number of carbonyl (C=O) groups excluding carboxylic acids is 1. The number of alkyl halides is 1. The van der Waals surface area contributed by atoms with Gasteiger partial charge < -0.3 is 9.72 Å². The van der Waals surface area contributed by atoms with Crippen LogP contribution in [-0.2, 0) is 4.74 Å². The summed E-state index contributed by atoms with van der Waals surface area (Å²) >= 11 is 3.38. The largest absolute Gasteiger partial charge is 0.465 e. The Kier molecular flexibility index (Phi) is 4.20. The number of nitrogens with one attached hydrogen (secondary N) is 1. The molecule has 0 fully saturated rings. The number of benzene rings is 1. The predicted octanol–water partition coefficient (Wildman–Crippen LogP) is 3.75. The van der Waals surface area contributed by atoms with Crippen molar-refractivity contribution in [2.45, 2.75) is 6.42 Å². The molecular weight excluding hydrogens is 294 g/mol. The van der Waals surface area contributed by atoms with Crippen LogP contribution in [0.2, 0.25) is 0 Å². The molecule has 2 aromatic rings. The summed E-state index contributed by atoms with van der Waals surface area (Å²) in [7, 11) is 1.39. The van der Waals surface area contributed by atoms with Crippen molar-refractivity contribution < 1.29 is 9.53 Å². The summed E-state index contributed by atoms with van der Waals surface area (Å²) in [6.45, 7) is 0. The van der Waals surface area contributed by atoms with Crippen LogP contribution < -0.4 is 0 Å². The summed E-state index contributed by atoms with van der Waals surface area (Å²) in [5.41, 5.74) is 2.59. The lowest BCUT2D eigenvalue weighted by Gasteiger charge is -1.98. The quantitative estimate of drug-likeness (QED) is 0.690. The fourth-order valence-corrected chi connectivity index (χ4v) is 2.07. The average molecular weight is 308 g/mol. The molecule has 18 heavy (non-hydrogen) atoms. The second kappa shape index (κ2) is 5.87. The van der Waals surface area contributed by atoms with Crippen molar-refractivity contribution in [3.8, 4) is 0 Å². The number of allylic oxidation sites excluding steroid dienone is 1. The molecule has 1 N–H and O–H groups in total. The van der Waals surface area contributed by atoms with Gasteiger partial charge in [0.2, 0.25) is 0 Å². The Morgan fingerprint density at radius 2 is 2.33 bits per heavy atom. The van der Waals surface area contributed by atoms with Crippen molar-refractivity contribution in [1.29, 1.82) is 0 Å². The molecule has 2 rings (SSSR count). The Morgan fingerprint density at radius 3 is 3.06 bits per heavy atom. The highest BCUT2D eigenvalue weighted by Gasteiger charge is 2.11. The van der Waals surface area contributed by atoms with E-state index in [2.05, 4.69) is 33.1 Å². The number of aromatic amines is 1. The van der Waals surface area contributed by atoms with Gasteiger partial charge in [-0.05, 0) is 24.1 Å². The fraction of sp³-hybridized carbons (Fsp3) is 0.214. The maximum atomic E-state index is 11.6. The molecule has 0 saturated heterocycles. The van der Waals surface area contributed by atoms with Crippen molar-refractivity contribution in [3.63, 3.8) is 0 Å². The zero-order chi connectivity index (χ0) is 13.0. The van der Waals surface area contributed by atoms with E-state index in [4.69, 9.17) is 4.74 Å². The van der Waals surface area contributed by atoms with Crippen LogP contribution in [0, 0.1) is 0 Å². The Labute approximate surface area is 114 Å². The lowest BCUT2D eigenvalue weighted by Crippen LogP contribution is -1.99. The molecule has 0 saturated carbocycles. The molecule has 0 radical (unpaired) electrons. The third kappa shape index (κ3) is 2.64. The van der Waals surface area contributed by atoms with Gasteiger partial charge in [0.15, 0.2) is 0 Å². The van der Waals surface area contributed by atoms with Crippen LogP contribution in [0.1, 0.15) is 22.3 Å². The van der Waals surface area contributed by atoms with E-state index < -0.39 is 0 Å². The van der Waals surface area contributed by atoms with Gasteiger partial charge >= 0.3 is 5.97 Å². The van der Waals surface area contributed by atoms with Crippen molar-refractivity contribution in [2.24, 2.45) is 0 Å². The van der Waals surface area contributed by atoms with E-state index in [0.717, 1.165) is 28.2 Å². The minimum atomic E-state index is -0.317. The van der Waals surface area contributed by atoms with Crippen LogP contribution in [-0.4, -0.2) is 23.4 Å². The SMILES string of the molecule is COC(=O)c1c[nH]c2ccc(C=CCCBr)cc12. The number of rotatable bonds is 4. The average Bonchev–Trinajstić information content (AvgIpc) is 2.81. The Bertz CT molecular complexity index is 586. The molecule has 3 nitrogen and oxygen atoms in total. The van der Waals surface area contributed by atoms with E-state index in [9.17, 15) is 4.79 Å². The number of esters is 1. The molecule has 0 atom stereocenters. The first kappa shape index (κ1) is 12.9.